The number of aryl methyl sites for hydroxylation is 1. The molecule has 0 amide bonds. The SMILES string of the molecule is CC[C@H]1C[C@](O)(C(F)(F)F)[C@@H](Nc2cc(F)cc3nc(C)ncc23)c2ccc(F)c(O)c21. The van der Waals surface area contributed by atoms with Gasteiger partial charge in [0.15, 0.2) is 17.2 Å². The summed E-state index contributed by atoms with van der Waals surface area (Å²) in [7, 11) is 0. The van der Waals surface area contributed by atoms with Gasteiger partial charge < -0.3 is 15.5 Å². The Morgan fingerprint density at radius 1 is 1.22 bits per heavy atom. The van der Waals surface area contributed by atoms with Crippen LogP contribution in [0.3, 0.4) is 0 Å². The number of benzene rings is 2. The summed E-state index contributed by atoms with van der Waals surface area (Å²) in [5.74, 6) is -3.08. The molecule has 10 heteroatoms. The first-order chi connectivity index (χ1) is 15.0. The number of alkyl halides is 3. The first-order valence-corrected chi connectivity index (χ1v) is 9.96. The van der Waals surface area contributed by atoms with Crippen LogP contribution in [0.1, 0.15) is 48.7 Å². The first kappa shape index (κ1) is 22.2. The van der Waals surface area contributed by atoms with Gasteiger partial charge in [-0.2, -0.15) is 13.2 Å². The van der Waals surface area contributed by atoms with Gasteiger partial charge in [-0.05, 0) is 43.4 Å². The molecule has 0 fully saturated rings. The van der Waals surface area contributed by atoms with Gasteiger partial charge in [-0.1, -0.05) is 13.0 Å². The topological polar surface area (TPSA) is 78.3 Å². The van der Waals surface area contributed by atoms with Gasteiger partial charge in [0.2, 0.25) is 0 Å². The molecule has 0 unspecified atom stereocenters. The lowest BCUT2D eigenvalue weighted by atomic mass is 9.69. The van der Waals surface area contributed by atoms with Crippen molar-refractivity contribution in [3.8, 4) is 5.75 Å². The fraction of sp³-hybridized carbons (Fsp3) is 0.364. The van der Waals surface area contributed by atoms with E-state index >= 15 is 0 Å². The Kier molecular flexibility index (Phi) is 5.23. The predicted molar refractivity (Wildman–Crippen MR) is 107 cm³/mol. The lowest BCUT2D eigenvalue weighted by molar-refractivity contribution is -0.272. The van der Waals surface area contributed by atoms with Gasteiger partial charge in [-0.15, -0.1) is 0 Å². The summed E-state index contributed by atoms with van der Waals surface area (Å²) in [6, 6.07) is 2.19. The number of nitrogens with zero attached hydrogens (tertiary/aromatic N) is 2. The molecule has 2 aromatic carbocycles. The second-order valence-electron chi connectivity index (χ2n) is 8.01. The summed E-state index contributed by atoms with van der Waals surface area (Å²) in [6.45, 7) is 3.17. The van der Waals surface area contributed by atoms with Crippen molar-refractivity contribution >= 4 is 16.6 Å². The fourth-order valence-corrected chi connectivity index (χ4v) is 4.42. The molecule has 1 aliphatic carbocycles. The van der Waals surface area contributed by atoms with Gasteiger partial charge >= 0.3 is 6.18 Å². The largest absolute Gasteiger partial charge is 0.505 e. The van der Waals surface area contributed by atoms with Crippen LogP contribution in [-0.2, 0) is 0 Å². The van der Waals surface area contributed by atoms with Crippen LogP contribution in [0.2, 0.25) is 0 Å². The molecule has 0 bridgehead atoms. The number of aromatic nitrogens is 2. The van der Waals surface area contributed by atoms with Crippen LogP contribution < -0.4 is 5.32 Å². The molecular weight excluding hydrogens is 433 g/mol. The molecule has 1 aliphatic rings. The Bertz CT molecular complexity index is 1200. The summed E-state index contributed by atoms with van der Waals surface area (Å²) in [5.41, 5.74) is -3.30. The number of aromatic hydroxyl groups is 1. The number of phenols is 1. The first-order valence-electron chi connectivity index (χ1n) is 9.96. The number of hydrogen-bond acceptors (Lipinski definition) is 5. The molecule has 4 rings (SSSR count). The van der Waals surface area contributed by atoms with E-state index in [9.17, 15) is 32.2 Å². The maximum atomic E-state index is 14.3. The Labute approximate surface area is 179 Å². The summed E-state index contributed by atoms with van der Waals surface area (Å²) < 4.78 is 70.9. The average molecular weight is 453 g/mol. The molecule has 5 nitrogen and oxygen atoms in total. The molecule has 0 saturated heterocycles. The van der Waals surface area contributed by atoms with Crippen molar-refractivity contribution < 1.29 is 32.2 Å². The van der Waals surface area contributed by atoms with Crippen LogP contribution in [0, 0.1) is 18.6 Å². The molecule has 3 aromatic rings. The number of anilines is 1. The molecule has 3 atom stereocenters. The van der Waals surface area contributed by atoms with Crippen molar-refractivity contribution in [2.45, 2.75) is 50.4 Å². The standard InChI is InChI=1S/C22H20F5N3O2/c1-3-11-8-21(32,22(25,26)27)20(13-4-5-15(24)19(31)18(11)13)30-17-7-12(23)6-16-14(17)9-28-10(2)29-16/h4-7,9,11,20,30-32H,3,8H2,1-2H3/t11-,20-,21+/m0/s1. The highest BCUT2D eigenvalue weighted by atomic mass is 19.4. The van der Waals surface area contributed by atoms with Crippen molar-refractivity contribution in [2.75, 3.05) is 5.32 Å². The van der Waals surface area contributed by atoms with E-state index in [1.54, 1.807) is 13.8 Å². The van der Waals surface area contributed by atoms with Crippen molar-refractivity contribution in [1.82, 2.24) is 9.97 Å². The number of phenolic OH excluding ortho intramolecular Hbond substituents is 1. The van der Waals surface area contributed by atoms with E-state index in [4.69, 9.17) is 0 Å². The van der Waals surface area contributed by atoms with Crippen molar-refractivity contribution in [3.63, 3.8) is 0 Å². The Morgan fingerprint density at radius 3 is 2.59 bits per heavy atom. The van der Waals surface area contributed by atoms with E-state index in [-0.39, 0.29) is 34.1 Å². The number of aliphatic hydroxyl groups is 1. The van der Waals surface area contributed by atoms with Gasteiger partial charge in [-0.3, -0.25) is 0 Å². The maximum Gasteiger partial charge on any atom is 0.419 e. The minimum atomic E-state index is -5.07. The summed E-state index contributed by atoms with van der Waals surface area (Å²) in [4.78, 5) is 8.13. The quantitative estimate of drug-likeness (QED) is 0.471. The van der Waals surface area contributed by atoms with Crippen LogP contribution in [0.5, 0.6) is 5.75 Å². The van der Waals surface area contributed by atoms with Crippen LogP contribution in [0.25, 0.3) is 10.9 Å². The van der Waals surface area contributed by atoms with E-state index in [2.05, 4.69) is 15.3 Å². The van der Waals surface area contributed by atoms with E-state index in [1.165, 1.54) is 6.20 Å². The summed E-state index contributed by atoms with van der Waals surface area (Å²) in [6.07, 6.45) is -4.41. The third kappa shape index (κ3) is 3.42. The molecule has 1 heterocycles. The number of rotatable bonds is 3. The average Bonchev–Trinajstić information content (AvgIpc) is 2.70. The molecule has 0 saturated carbocycles. The highest BCUT2D eigenvalue weighted by Crippen LogP contribution is 2.55. The molecule has 3 N–H and O–H groups in total. The normalized spacial score (nSPS) is 23.2. The minimum Gasteiger partial charge on any atom is -0.505 e. The number of halogens is 5. The molecule has 32 heavy (non-hydrogen) atoms. The van der Waals surface area contributed by atoms with Crippen LogP contribution in [0.4, 0.5) is 27.6 Å². The van der Waals surface area contributed by atoms with E-state index in [0.29, 0.717) is 5.82 Å². The molecule has 0 aliphatic heterocycles. The Hall–Kier alpha value is -3.01. The van der Waals surface area contributed by atoms with Crippen molar-refractivity contribution in [1.29, 1.82) is 0 Å². The zero-order valence-electron chi connectivity index (χ0n) is 17.1. The summed E-state index contributed by atoms with van der Waals surface area (Å²) in [5, 5.41) is 24.1. The molecular formula is C22H20F5N3O2. The van der Waals surface area contributed by atoms with Crippen LogP contribution >= 0.6 is 0 Å². The minimum absolute atomic E-state index is 0.00766. The number of fused-ring (bicyclic) bond motifs is 2. The predicted octanol–water partition coefficient (Wildman–Crippen LogP) is 5.27. The van der Waals surface area contributed by atoms with E-state index in [1.807, 2.05) is 0 Å². The van der Waals surface area contributed by atoms with Gasteiger partial charge in [0, 0.05) is 28.9 Å². The Morgan fingerprint density at radius 2 is 1.94 bits per heavy atom. The zero-order valence-corrected chi connectivity index (χ0v) is 17.1. The Balaban J connectivity index is 1.95. The fourth-order valence-electron chi connectivity index (χ4n) is 4.42. The van der Waals surface area contributed by atoms with Gasteiger partial charge in [0.25, 0.3) is 0 Å². The van der Waals surface area contributed by atoms with Gasteiger partial charge in [-0.25, -0.2) is 18.7 Å². The smallest absolute Gasteiger partial charge is 0.419 e. The monoisotopic (exact) mass is 453 g/mol. The molecule has 170 valence electrons. The van der Waals surface area contributed by atoms with Crippen LogP contribution in [-0.4, -0.2) is 32.0 Å². The van der Waals surface area contributed by atoms with Crippen molar-refractivity contribution in [2.24, 2.45) is 0 Å². The molecule has 0 radical (unpaired) electrons. The molecule has 0 spiro atoms. The number of hydrogen-bond donors (Lipinski definition) is 3. The lowest BCUT2D eigenvalue weighted by Gasteiger charge is -2.45. The third-order valence-corrected chi connectivity index (χ3v) is 6.03. The van der Waals surface area contributed by atoms with Gasteiger partial charge in [0.1, 0.15) is 11.6 Å². The van der Waals surface area contributed by atoms with Crippen molar-refractivity contribution in [3.05, 3.63) is 59.0 Å². The second-order valence-corrected chi connectivity index (χ2v) is 8.01. The van der Waals surface area contributed by atoms with E-state index < -0.39 is 47.5 Å². The molecule has 1 aromatic heterocycles. The zero-order chi connectivity index (χ0) is 23.4. The third-order valence-electron chi connectivity index (χ3n) is 6.03. The van der Waals surface area contributed by atoms with E-state index in [0.717, 1.165) is 24.3 Å². The number of nitrogens with one attached hydrogen (secondary N) is 1. The lowest BCUT2D eigenvalue weighted by Crippen LogP contribution is -2.55. The summed E-state index contributed by atoms with van der Waals surface area (Å²) >= 11 is 0. The highest BCUT2D eigenvalue weighted by molar-refractivity contribution is 5.91. The van der Waals surface area contributed by atoms with Gasteiger partial charge in [0.05, 0.1) is 11.6 Å². The second kappa shape index (κ2) is 7.54. The van der Waals surface area contributed by atoms with Crippen LogP contribution in [0.15, 0.2) is 30.5 Å². The highest BCUT2D eigenvalue weighted by Gasteiger charge is 2.62. The maximum absolute atomic E-state index is 14.3.